The Kier molecular flexibility index (Phi) is 5.96. The summed E-state index contributed by atoms with van der Waals surface area (Å²) in [5.41, 5.74) is 2.96. The molecule has 1 heterocycles. The number of benzene rings is 2. The fourth-order valence-electron chi connectivity index (χ4n) is 3.09. The third-order valence-electron chi connectivity index (χ3n) is 4.67. The van der Waals surface area contributed by atoms with E-state index in [4.69, 9.17) is 0 Å². The van der Waals surface area contributed by atoms with E-state index >= 15 is 0 Å². The first-order valence-electron chi connectivity index (χ1n) is 9.03. The molecule has 27 heavy (non-hydrogen) atoms. The van der Waals surface area contributed by atoms with E-state index in [1.54, 1.807) is 12.1 Å². The van der Waals surface area contributed by atoms with Crippen molar-refractivity contribution in [2.75, 3.05) is 26.0 Å². The van der Waals surface area contributed by atoms with E-state index in [0.29, 0.717) is 17.9 Å². The number of alkyl halides is 2. The average Bonchev–Trinajstić information content (AvgIpc) is 2.68. The largest absolute Gasteiger partial charge is 0.368 e. The summed E-state index contributed by atoms with van der Waals surface area (Å²) < 4.78 is 26.4. The molecule has 0 radical (unpaired) electrons. The molecule has 3 aromatic rings. The van der Waals surface area contributed by atoms with Crippen LogP contribution in [0, 0.1) is 0 Å². The molecule has 1 atom stereocenters. The smallest absolute Gasteiger partial charge is 0.297 e. The summed E-state index contributed by atoms with van der Waals surface area (Å²) in [4.78, 5) is 10.1. The molecule has 1 aromatic heterocycles. The van der Waals surface area contributed by atoms with Crippen molar-refractivity contribution in [1.29, 1.82) is 0 Å². The number of anilines is 1. The van der Waals surface area contributed by atoms with E-state index in [-0.39, 0.29) is 6.04 Å². The Balaban J connectivity index is 1.88. The summed E-state index contributed by atoms with van der Waals surface area (Å²) >= 11 is 0. The number of hydrogen-bond donors (Lipinski definition) is 1. The number of likely N-dealkylation sites (N-methyl/N-ethyl adjacent to an activating group) is 1. The molecule has 0 aliphatic rings. The van der Waals surface area contributed by atoms with Crippen LogP contribution in [0.5, 0.6) is 0 Å². The molecule has 6 heteroatoms. The highest BCUT2D eigenvalue weighted by atomic mass is 19.3. The Morgan fingerprint density at radius 3 is 2.33 bits per heavy atom. The zero-order valence-corrected chi connectivity index (χ0v) is 15.8. The van der Waals surface area contributed by atoms with Crippen molar-refractivity contribution >= 4 is 16.7 Å². The monoisotopic (exact) mass is 370 g/mol. The van der Waals surface area contributed by atoms with Crippen LogP contribution in [0.1, 0.15) is 36.3 Å². The van der Waals surface area contributed by atoms with Crippen LogP contribution in [0.25, 0.3) is 10.9 Å². The lowest BCUT2D eigenvalue weighted by molar-refractivity contribution is 0.141. The number of hydrogen-bond acceptors (Lipinski definition) is 4. The topological polar surface area (TPSA) is 41.1 Å². The van der Waals surface area contributed by atoms with Crippen molar-refractivity contribution in [3.8, 4) is 0 Å². The normalized spacial score (nSPS) is 12.7. The lowest BCUT2D eigenvalue weighted by Crippen LogP contribution is -2.27. The standard InChI is InChI=1S/C21H24F2N4/c1-4-14-9-11-15(12-10-14)18(27(2)3)13-24-20-16-7-5-6-8-17(16)25-21(26-20)19(22)23/h5-12,18-19H,4,13H2,1-3H3,(H,24,25,26). The van der Waals surface area contributed by atoms with Crippen molar-refractivity contribution in [2.24, 2.45) is 0 Å². The quantitative estimate of drug-likeness (QED) is 0.646. The van der Waals surface area contributed by atoms with Crippen molar-refractivity contribution in [3.63, 3.8) is 0 Å². The van der Waals surface area contributed by atoms with Gasteiger partial charge in [-0.2, -0.15) is 0 Å². The third kappa shape index (κ3) is 4.39. The summed E-state index contributed by atoms with van der Waals surface area (Å²) in [6.45, 7) is 2.67. The molecule has 1 unspecified atom stereocenters. The maximum atomic E-state index is 13.2. The van der Waals surface area contributed by atoms with Crippen molar-refractivity contribution in [1.82, 2.24) is 14.9 Å². The Morgan fingerprint density at radius 2 is 1.70 bits per heavy atom. The van der Waals surface area contributed by atoms with Crippen LogP contribution in [0.2, 0.25) is 0 Å². The molecule has 0 saturated heterocycles. The first-order chi connectivity index (χ1) is 13.0. The van der Waals surface area contributed by atoms with Gasteiger partial charge in [-0.1, -0.05) is 43.3 Å². The fourth-order valence-corrected chi connectivity index (χ4v) is 3.09. The Hall–Kier alpha value is -2.60. The lowest BCUT2D eigenvalue weighted by atomic mass is 10.0. The van der Waals surface area contributed by atoms with Gasteiger partial charge in [0, 0.05) is 11.9 Å². The fraction of sp³-hybridized carbons (Fsp3) is 0.333. The maximum Gasteiger partial charge on any atom is 0.297 e. The van der Waals surface area contributed by atoms with Crippen LogP contribution >= 0.6 is 0 Å². The molecule has 0 saturated carbocycles. The zero-order chi connectivity index (χ0) is 19.4. The summed E-state index contributed by atoms with van der Waals surface area (Å²) in [6.07, 6.45) is -1.71. The minimum Gasteiger partial charge on any atom is -0.368 e. The molecule has 0 aliphatic carbocycles. The second kappa shape index (κ2) is 8.39. The molecule has 142 valence electrons. The minimum absolute atomic E-state index is 0.0830. The number of aromatic nitrogens is 2. The molecule has 1 N–H and O–H groups in total. The van der Waals surface area contributed by atoms with Gasteiger partial charge in [0.25, 0.3) is 6.43 Å². The van der Waals surface area contributed by atoms with Crippen LogP contribution in [0.4, 0.5) is 14.6 Å². The van der Waals surface area contributed by atoms with E-state index < -0.39 is 12.2 Å². The number of fused-ring (bicyclic) bond motifs is 1. The van der Waals surface area contributed by atoms with E-state index in [1.165, 1.54) is 5.56 Å². The van der Waals surface area contributed by atoms with Gasteiger partial charge in [0.2, 0.25) is 0 Å². The van der Waals surface area contributed by atoms with Gasteiger partial charge < -0.3 is 10.2 Å². The van der Waals surface area contributed by atoms with Crippen molar-refractivity contribution in [3.05, 3.63) is 65.5 Å². The number of nitrogens with one attached hydrogen (secondary N) is 1. The van der Waals surface area contributed by atoms with Crippen LogP contribution in [0.3, 0.4) is 0 Å². The van der Waals surface area contributed by atoms with E-state index in [0.717, 1.165) is 17.4 Å². The average molecular weight is 370 g/mol. The molecule has 0 aliphatic heterocycles. The van der Waals surface area contributed by atoms with Gasteiger partial charge in [-0.05, 0) is 43.8 Å². The highest BCUT2D eigenvalue weighted by molar-refractivity contribution is 5.89. The summed E-state index contributed by atoms with van der Waals surface area (Å²) in [5.74, 6) is -0.0159. The molecule has 2 aromatic carbocycles. The predicted octanol–water partition coefficient (Wildman–Crippen LogP) is 4.84. The maximum absolute atomic E-state index is 13.2. The van der Waals surface area contributed by atoms with Crippen molar-refractivity contribution < 1.29 is 8.78 Å². The molecule has 4 nitrogen and oxygen atoms in total. The first kappa shape index (κ1) is 19.2. The van der Waals surface area contributed by atoms with Gasteiger partial charge >= 0.3 is 0 Å². The van der Waals surface area contributed by atoms with Crippen LogP contribution < -0.4 is 5.32 Å². The summed E-state index contributed by atoms with van der Waals surface area (Å²) in [5, 5.41) is 4.00. The number of rotatable bonds is 7. The summed E-state index contributed by atoms with van der Waals surface area (Å²) in [7, 11) is 4.01. The second-order valence-corrected chi connectivity index (χ2v) is 6.70. The summed E-state index contributed by atoms with van der Waals surface area (Å²) in [6, 6.07) is 15.8. The van der Waals surface area contributed by atoms with E-state index in [2.05, 4.69) is 51.4 Å². The molecule has 0 bridgehead atoms. The van der Waals surface area contributed by atoms with Crippen LogP contribution in [0.15, 0.2) is 48.5 Å². The molecule has 0 amide bonds. The molecular weight excluding hydrogens is 346 g/mol. The molecule has 0 fully saturated rings. The number of aryl methyl sites for hydroxylation is 1. The zero-order valence-electron chi connectivity index (χ0n) is 15.8. The SMILES string of the molecule is CCc1ccc(C(CNc2nc(C(F)F)nc3ccccc23)N(C)C)cc1. The van der Waals surface area contributed by atoms with Gasteiger partial charge in [0.1, 0.15) is 5.82 Å². The van der Waals surface area contributed by atoms with Gasteiger partial charge in [-0.15, -0.1) is 0 Å². The Labute approximate surface area is 158 Å². The van der Waals surface area contributed by atoms with Crippen LogP contribution in [-0.2, 0) is 6.42 Å². The minimum atomic E-state index is -2.71. The predicted molar refractivity (Wildman–Crippen MR) is 105 cm³/mol. The van der Waals surface area contributed by atoms with Gasteiger partial charge in [0.05, 0.1) is 11.6 Å². The van der Waals surface area contributed by atoms with Gasteiger partial charge in [-0.25, -0.2) is 18.7 Å². The molecule has 0 spiro atoms. The van der Waals surface area contributed by atoms with Crippen molar-refractivity contribution in [2.45, 2.75) is 25.8 Å². The van der Waals surface area contributed by atoms with E-state index in [1.807, 2.05) is 26.2 Å². The van der Waals surface area contributed by atoms with E-state index in [9.17, 15) is 8.78 Å². The van der Waals surface area contributed by atoms with Gasteiger partial charge in [-0.3, -0.25) is 0 Å². The third-order valence-corrected chi connectivity index (χ3v) is 4.67. The Bertz CT molecular complexity index is 894. The lowest BCUT2D eigenvalue weighted by Gasteiger charge is -2.26. The second-order valence-electron chi connectivity index (χ2n) is 6.70. The molecular formula is C21H24F2N4. The number of nitrogens with zero attached hydrogens (tertiary/aromatic N) is 3. The Morgan fingerprint density at radius 1 is 1.00 bits per heavy atom. The number of halogens is 2. The highest BCUT2D eigenvalue weighted by Gasteiger charge is 2.18. The van der Waals surface area contributed by atoms with Gasteiger partial charge in [0.15, 0.2) is 5.82 Å². The number of para-hydroxylation sites is 1. The van der Waals surface area contributed by atoms with Crippen LogP contribution in [-0.4, -0.2) is 35.5 Å². The highest BCUT2D eigenvalue weighted by Crippen LogP contribution is 2.26. The molecule has 3 rings (SSSR count). The first-order valence-corrected chi connectivity index (χ1v) is 9.03.